The summed E-state index contributed by atoms with van der Waals surface area (Å²) >= 11 is 1.34. The average Bonchev–Trinajstić information content (AvgIpc) is 3.36. The third-order valence-corrected chi connectivity index (χ3v) is 14.2. The number of hydrogen-bond acceptors (Lipinski definition) is 8. The third kappa shape index (κ3) is 5.67. The van der Waals surface area contributed by atoms with Crippen LogP contribution in [0.2, 0.25) is 18.1 Å². The van der Waals surface area contributed by atoms with Crippen LogP contribution in [-0.4, -0.2) is 73.8 Å². The summed E-state index contributed by atoms with van der Waals surface area (Å²) in [4.78, 5) is 32.9. The molecule has 3 rings (SSSR count). The fourth-order valence-electron chi connectivity index (χ4n) is 5.90. The number of carbonyl (C=O) groups is 2. The molecule has 6 atom stereocenters. The minimum Gasteiger partial charge on any atom is -0.428 e. The molecule has 2 fully saturated rings. The van der Waals surface area contributed by atoms with E-state index in [2.05, 4.69) is 37.6 Å². The SMILES string of the molecule is [B]NPOC(=O)C1=C(CN2CCCC2SC(=N)N)[C@H](C)[C@@H]2[C@@H]([C@@H](C)O[Si](CC)(CC)CC)C(=O)N12. The maximum absolute atomic E-state index is 13.5. The fraction of sp³-hybridized carbons (Fsp3) is 0.773. The van der Waals surface area contributed by atoms with Gasteiger partial charge < -0.3 is 24.6 Å². The molecule has 3 aliphatic heterocycles. The minimum absolute atomic E-state index is 0.00927. The Morgan fingerprint density at radius 1 is 1.37 bits per heavy atom. The van der Waals surface area contributed by atoms with E-state index in [0.717, 1.165) is 43.1 Å². The first kappa shape index (κ1) is 28.7. The number of thioether (sulfide) groups is 1. The topological polar surface area (TPSA) is 121 Å². The molecule has 0 bridgehead atoms. The molecule has 9 nitrogen and oxygen atoms in total. The molecule has 0 aromatic heterocycles. The van der Waals surface area contributed by atoms with Gasteiger partial charge in [-0.1, -0.05) is 39.5 Å². The highest BCUT2D eigenvalue weighted by Crippen LogP contribution is 2.49. The first-order valence-corrected chi connectivity index (χ1v) is 16.9. The van der Waals surface area contributed by atoms with Crippen LogP contribution in [0.4, 0.5) is 0 Å². The lowest BCUT2D eigenvalue weighted by atomic mass is 9.77. The van der Waals surface area contributed by atoms with Crippen molar-refractivity contribution in [2.24, 2.45) is 17.6 Å². The van der Waals surface area contributed by atoms with Gasteiger partial charge >= 0.3 is 5.97 Å². The predicted octanol–water partition coefficient (Wildman–Crippen LogP) is 2.90. The fourth-order valence-corrected chi connectivity index (χ4v) is 9.99. The second-order valence-corrected chi connectivity index (χ2v) is 16.3. The summed E-state index contributed by atoms with van der Waals surface area (Å²) < 4.78 is 12.0. The van der Waals surface area contributed by atoms with E-state index in [0.29, 0.717) is 12.2 Å². The zero-order valence-electron chi connectivity index (χ0n) is 21.4. The van der Waals surface area contributed by atoms with Gasteiger partial charge in [-0.25, -0.2) is 4.79 Å². The van der Waals surface area contributed by atoms with Crippen LogP contribution in [0.25, 0.3) is 0 Å². The van der Waals surface area contributed by atoms with Crippen molar-refractivity contribution in [3.05, 3.63) is 11.3 Å². The zero-order chi connectivity index (χ0) is 25.9. The molecule has 35 heavy (non-hydrogen) atoms. The Labute approximate surface area is 217 Å². The molecule has 4 N–H and O–H groups in total. The van der Waals surface area contributed by atoms with Gasteiger partial charge in [0.2, 0.25) is 5.91 Å². The van der Waals surface area contributed by atoms with Crippen molar-refractivity contribution in [2.45, 2.75) is 83.1 Å². The second-order valence-electron chi connectivity index (χ2n) is 9.64. The lowest BCUT2D eigenvalue weighted by Crippen LogP contribution is -2.65. The van der Waals surface area contributed by atoms with Gasteiger partial charge in [0.25, 0.3) is 0 Å². The number of amidine groups is 1. The van der Waals surface area contributed by atoms with Crippen molar-refractivity contribution in [1.29, 1.82) is 5.41 Å². The largest absolute Gasteiger partial charge is 0.428 e. The van der Waals surface area contributed by atoms with E-state index < -0.39 is 23.2 Å². The Kier molecular flexibility index (Phi) is 9.90. The van der Waals surface area contributed by atoms with E-state index in [1.165, 1.54) is 11.8 Å². The third-order valence-electron chi connectivity index (χ3n) is 8.01. The minimum atomic E-state index is -1.89. The van der Waals surface area contributed by atoms with Gasteiger partial charge in [-0.05, 0) is 50.0 Å². The van der Waals surface area contributed by atoms with Crippen LogP contribution in [0.1, 0.15) is 47.5 Å². The molecule has 1 amide bonds. The number of carbonyl (C=O) groups excluding carboxylic acids is 2. The maximum atomic E-state index is 13.5. The molecule has 2 radical (unpaired) electrons. The monoisotopic (exact) mass is 539 g/mol. The Bertz CT molecular complexity index is 855. The zero-order valence-corrected chi connectivity index (χ0v) is 24.2. The first-order valence-electron chi connectivity index (χ1n) is 12.5. The summed E-state index contributed by atoms with van der Waals surface area (Å²) in [7, 11) is 3.05. The van der Waals surface area contributed by atoms with Crippen molar-refractivity contribution in [1.82, 2.24) is 14.8 Å². The second kappa shape index (κ2) is 12.1. The van der Waals surface area contributed by atoms with Crippen molar-refractivity contribution in [3.63, 3.8) is 0 Å². The quantitative estimate of drug-likeness (QED) is 0.114. The molecule has 2 saturated heterocycles. The molecule has 0 aliphatic carbocycles. The standard InChI is InChI=1S/C22H39BN5O4PSSi/c1-6-35(7-2,8-3)32-14(5)17-18-13(4)15(12-27-11-9-10-16(27)34-22(24)25)19(28(18)20(17)29)21(30)31-33-26-23/h13-14,16-18,26,33H,6-12H2,1-5H3,(H3,24,25)/t13-,14+,16?,17+,18+/m0/s1. The van der Waals surface area contributed by atoms with Crippen LogP contribution in [0.15, 0.2) is 11.3 Å². The van der Waals surface area contributed by atoms with Crippen LogP contribution < -0.4 is 10.7 Å². The molecule has 2 unspecified atom stereocenters. The molecule has 194 valence electrons. The van der Waals surface area contributed by atoms with Crippen LogP contribution in [0, 0.1) is 17.2 Å². The van der Waals surface area contributed by atoms with E-state index in [4.69, 9.17) is 28.1 Å². The van der Waals surface area contributed by atoms with E-state index in [1.807, 2.05) is 6.92 Å². The van der Waals surface area contributed by atoms with Gasteiger partial charge in [0.15, 0.2) is 21.5 Å². The van der Waals surface area contributed by atoms with Crippen LogP contribution in [-0.2, 0) is 18.5 Å². The van der Waals surface area contributed by atoms with E-state index in [9.17, 15) is 9.59 Å². The number of nitrogens with two attached hydrogens (primary N) is 1. The highest BCUT2D eigenvalue weighted by molar-refractivity contribution is 8.14. The number of amides is 1. The highest BCUT2D eigenvalue weighted by atomic mass is 32.2. The molecule has 3 aliphatic rings. The molecule has 0 spiro atoms. The Morgan fingerprint density at radius 3 is 2.60 bits per heavy atom. The summed E-state index contributed by atoms with van der Waals surface area (Å²) in [6, 6.07) is 2.94. The van der Waals surface area contributed by atoms with Gasteiger partial charge in [-0.3, -0.25) is 15.1 Å². The van der Waals surface area contributed by atoms with Gasteiger partial charge in [0, 0.05) is 12.5 Å². The first-order chi connectivity index (χ1) is 16.6. The van der Waals surface area contributed by atoms with Gasteiger partial charge in [-0.2, -0.15) is 0 Å². The number of likely N-dealkylation sites (tertiary alicyclic amines) is 1. The molecular weight excluding hydrogens is 500 g/mol. The number of nitrogens with one attached hydrogen (secondary N) is 2. The molecule has 3 heterocycles. The Balaban J connectivity index is 1.87. The number of fused-ring (bicyclic) bond motifs is 1. The van der Waals surface area contributed by atoms with Gasteiger partial charge in [0.05, 0.1) is 23.4 Å². The van der Waals surface area contributed by atoms with E-state index in [1.54, 1.807) is 4.90 Å². The maximum Gasteiger partial charge on any atom is 0.358 e. The number of hydrogen-bond donors (Lipinski definition) is 3. The summed E-state index contributed by atoms with van der Waals surface area (Å²) in [6.45, 7) is 12.1. The molecule has 13 heteroatoms. The molecule has 0 aromatic rings. The lowest BCUT2D eigenvalue weighted by molar-refractivity contribution is -0.161. The van der Waals surface area contributed by atoms with Crippen molar-refractivity contribution < 1.29 is 18.5 Å². The van der Waals surface area contributed by atoms with Crippen molar-refractivity contribution >= 4 is 54.1 Å². The van der Waals surface area contributed by atoms with E-state index in [-0.39, 0.29) is 40.4 Å². The van der Waals surface area contributed by atoms with E-state index >= 15 is 0 Å². The molecule has 0 aromatic carbocycles. The lowest BCUT2D eigenvalue weighted by Gasteiger charge is -2.49. The Morgan fingerprint density at radius 2 is 2.03 bits per heavy atom. The normalized spacial score (nSPS) is 28.0. The number of β-lactam (4-membered cyclic amide) rings is 1. The smallest absolute Gasteiger partial charge is 0.358 e. The number of rotatable bonds is 12. The van der Waals surface area contributed by atoms with Crippen LogP contribution in [0.3, 0.4) is 0 Å². The Hall–Kier alpha value is -0.908. The predicted molar refractivity (Wildman–Crippen MR) is 145 cm³/mol. The highest BCUT2D eigenvalue weighted by Gasteiger charge is 2.61. The van der Waals surface area contributed by atoms with Gasteiger partial charge in [-0.15, -0.1) is 0 Å². The van der Waals surface area contributed by atoms with Crippen molar-refractivity contribution in [2.75, 3.05) is 13.1 Å². The molecular formula is C22H39BN5O4PSSi. The average molecular weight is 540 g/mol. The summed E-state index contributed by atoms with van der Waals surface area (Å²) in [5, 5.41) is 7.87. The van der Waals surface area contributed by atoms with Crippen molar-refractivity contribution in [3.8, 4) is 0 Å². The molecule has 0 saturated carbocycles. The summed E-state index contributed by atoms with van der Waals surface area (Å²) in [6.07, 6.45) is 1.73. The van der Waals surface area contributed by atoms with Crippen LogP contribution >= 0.6 is 20.7 Å². The van der Waals surface area contributed by atoms with Crippen LogP contribution in [0.5, 0.6) is 0 Å². The number of nitrogens with zero attached hydrogens (tertiary/aromatic N) is 2. The van der Waals surface area contributed by atoms with Gasteiger partial charge in [0.1, 0.15) is 14.7 Å². The summed E-state index contributed by atoms with van der Waals surface area (Å²) in [5.74, 6) is -0.883. The summed E-state index contributed by atoms with van der Waals surface area (Å²) in [5.41, 5.74) is 6.92.